The van der Waals surface area contributed by atoms with E-state index in [0.717, 1.165) is 63.4 Å². The number of allylic oxidation sites excluding steroid dienone is 2. The van der Waals surface area contributed by atoms with Gasteiger partial charge in [0.1, 0.15) is 0 Å². The van der Waals surface area contributed by atoms with Gasteiger partial charge < -0.3 is 0 Å². The van der Waals surface area contributed by atoms with E-state index in [0.29, 0.717) is 19.3 Å². The summed E-state index contributed by atoms with van der Waals surface area (Å²) in [6.45, 7) is 1.63. The van der Waals surface area contributed by atoms with Crippen LogP contribution in [0.2, 0.25) is 0 Å². The standard InChI is InChI=1S/C14H18O3S.C13H16O4S.C13H16O3S.2CH4/c15-18(16,17)10-4-3-5-12-8-9-13-6-1-2-7-14(13)11-12;1-10(17-18(14,15)16)8-11-6-7-12-4-2-3-5-13(12)9-11;14-17(15,16)9-3-4-11-7-8-12-5-1-2-6-13(12)10-11;;/h1-2,6-7,11H,3-5,8-10H2,(H,15,16,17);2-5,9-10H,6-8H2,1H3,(H,14,15,16);1-2,5-6,10H,3-4,7-9H2,(H,14,15,16);2*1H4. The minimum Gasteiger partial charge on any atom is -0.286 e. The van der Waals surface area contributed by atoms with Crippen molar-refractivity contribution < 1.29 is 43.1 Å². The maximum atomic E-state index is 10.6. The summed E-state index contributed by atoms with van der Waals surface area (Å²) in [5.41, 5.74) is 11.5. The SMILES string of the molecule is C.C.CC(CC1=Cc2ccccc2CC1)OS(=O)(=O)O.O=S(=O)(O)CCCC1=Cc2ccccc2CC1.O=S(=O)(O)CCCCC1=Cc2ccccc2CC1. The van der Waals surface area contributed by atoms with Crippen LogP contribution < -0.4 is 0 Å². The van der Waals surface area contributed by atoms with Gasteiger partial charge in [-0.2, -0.15) is 25.3 Å². The van der Waals surface area contributed by atoms with Crippen molar-refractivity contribution in [2.75, 3.05) is 11.5 Å². The maximum absolute atomic E-state index is 10.6. The molecule has 0 saturated heterocycles. The summed E-state index contributed by atoms with van der Waals surface area (Å²) in [4.78, 5) is 0. The summed E-state index contributed by atoms with van der Waals surface area (Å²) >= 11 is 0. The zero-order chi connectivity index (χ0) is 38.5. The van der Waals surface area contributed by atoms with E-state index in [1.165, 1.54) is 44.5 Å². The monoisotopic (exact) mass is 818 g/mol. The van der Waals surface area contributed by atoms with Gasteiger partial charge in [0.05, 0.1) is 17.6 Å². The Bertz CT molecular complexity index is 2120. The van der Waals surface area contributed by atoms with Crippen LogP contribution in [0.4, 0.5) is 0 Å². The summed E-state index contributed by atoms with van der Waals surface area (Å²) in [6, 6.07) is 24.8. The van der Waals surface area contributed by atoms with Crippen LogP contribution in [0.5, 0.6) is 0 Å². The highest BCUT2D eigenvalue weighted by molar-refractivity contribution is 7.86. The van der Waals surface area contributed by atoms with Gasteiger partial charge in [-0.1, -0.05) is 123 Å². The normalized spacial score (nSPS) is 15.2. The third-order valence-electron chi connectivity index (χ3n) is 9.28. The number of hydrogen-bond donors (Lipinski definition) is 3. The molecule has 0 aliphatic heterocycles. The van der Waals surface area contributed by atoms with Crippen LogP contribution in [-0.4, -0.2) is 56.5 Å². The highest BCUT2D eigenvalue weighted by atomic mass is 32.3. The molecule has 0 amide bonds. The Morgan fingerprint density at radius 2 is 0.891 bits per heavy atom. The predicted octanol–water partition coefficient (Wildman–Crippen LogP) is 9.64. The molecule has 10 nitrogen and oxygen atoms in total. The predicted molar refractivity (Wildman–Crippen MR) is 224 cm³/mol. The highest BCUT2D eigenvalue weighted by Crippen LogP contribution is 2.29. The number of hydrogen-bond acceptors (Lipinski definition) is 7. The van der Waals surface area contributed by atoms with Crippen LogP contribution in [0, 0.1) is 0 Å². The van der Waals surface area contributed by atoms with Crippen molar-refractivity contribution >= 4 is 48.9 Å². The molecule has 3 N–H and O–H groups in total. The van der Waals surface area contributed by atoms with Crippen molar-refractivity contribution in [1.29, 1.82) is 0 Å². The zero-order valence-electron chi connectivity index (χ0n) is 30.1. The largest absolute Gasteiger partial charge is 0.397 e. The van der Waals surface area contributed by atoms with Gasteiger partial charge in [-0.25, -0.2) is 4.18 Å². The minimum atomic E-state index is -4.36. The smallest absolute Gasteiger partial charge is 0.286 e. The van der Waals surface area contributed by atoms with Crippen molar-refractivity contribution in [1.82, 2.24) is 0 Å². The van der Waals surface area contributed by atoms with E-state index in [-0.39, 0.29) is 26.4 Å². The number of benzene rings is 3. The van der Waals surface area contributed by atoms with Crippen molar-refractivity contribution in [3.05, 3.63) is 123 Å². The summed E-state index contributed by atoms with van der Waals surface area (Å²) in [5.74, 6) is -0.275. The lowest BCUT2D eigenvalue weighted by molar-refractivity contribution is 0.197. The quantitative estimate of drug-likeness (QED) is 0.111. The molecule has 3 aliphatic rings. The molecule has 6 rings (SSSR count). The molecule has 0 saturated carbocycles. The Labute approximate surface area is 329 Å². The van der Waals surface area contributed by atoms with Gasteiger partial charge in [0.2, 0.25) is 0 Å². The van der Waals surface area contributed by atoms with Crippen molar-refractivity contribution in [3.63, 3.8) is 0 Å². The number of unbranched alkanes of at least 4 members (excludes halogenated alkanes) is 1. The average Bonchev–Trinajstić information content (AvgIpc) is 3.09. The van der Waals surface area contributed by atoms with Crippen molar-refractivity contribution in [2.45, 2.75) is 105 Å². The topological polar surface area (TPSA) is 172 Å². The van der Waals surface area contributed by atoms with Crippen LogP contribution in [-0.2, 0) is 54.1 Å². The van der Waals surface area contributed by atoms with E-state index in [4.69, 9.17) is 13.7 Å². The first kappa shape index (κ1) is 47.7. The number of rotatable bonds is 13. The Morgan fingerprint density at radius 1 is 0.527 bits per heavy atom. The van der Waals surface area contributed by atoms with Gasteiger partial charge in [0, 0.05) is 0 Å². The van der Waals surface area contributed by atoms with Crippen LogP contribution in [0.15, 0.2) is 89.5 Å². The number of fused-ring (bicyclic) bond motifs is 3. The van der Waals surface area contributed by atoms with E-state index in [1.54, 1.807) is 6.92 Å². The molecule has 3 aromatic carbocycles. The van der Waals surface area contributed by atoms with Gasteiger partial charge >= 0.3 is 10.4 Å². The van der Waals surface area contributed by atoms with E-state index in [1.807, 2.05) is 36.4 Å². The average molecular weight is 819 g/mol. The van der Waals surface area contributed by atoms with Gasteiger partial charge in [-0.3, -0.25) is 13.7 Å². The van der Waals surface area contributed by atoms with E-state index < -0.39 is 36.7 Å². The summed E-state index contributed by atoms with van der Waals surface area (Å²) in [7, 11) is -12.0. The van der Waals surface area contributed by atoms with E-state index in [2.05, 4.69) is 58.8 Å². The molecule has 0 aromatic heterocycles. The van der Waals surface area contributed by atoms with Crippen LogP contribution in [0.1, 0.15) is 113 Å². The third kappa shape index (κ3) is 18.4. The Morgan fingerprint density at radius 3 is 1.31 bits per heavy atom. The molecule has 0 spiro atoms. The lowest BCUT2D eigenvalue weighted by atomic mass is 9.90. The molecule has 0 fully saturated rings. The molecule has 0 radical (unpaired) electrons. The summed E-state index contributed by atoms with van der Waals surface area (Å²) in [5, 5.41) is 0. The molecular formula is C42H58O10S3. The zero-order valence-corrected chi connectivity index (χ0v) is 32.5. The molecule has 304 valence electrons. The fourth-order valence-electron chi connectivity index (χ4n) is 6.75. The van der Waals surface area contributed by atoms with Crippen molar-refractivity contribution in [2.24, 2.45) is 0 Å². The van der Waals surface area contributed by atoms with Gasteiger partial charge in [0.25, 0.3) is 20.2 Å². The van der Waals surface area contributed by atoms with Crippen LogP contribution in [0.25, 0.3) is 18.2 Å². The first-order valence-corrected chi connectivity index (χ1v) is 22.5. The van der Waals surface area contributed by atoms with Gasteiger partial charge in [-0.05, 0) is 117 Å². The first-order valence-electron chi connectivity index (χ1n) is 17.9. The molecule has 1 unspecified atom stereocenters. The summed E-state index contributed by atoms with van der Waals surface area (Å²) in [6.07, 6.45) is 15.9. The molecule has 0 heterocycles. The van der Waals surface area contributed by atoms with Crippen molar-refractivity contribution in [3.8, 4) is 0 Å². The van der Waals surface area contributed by atoms with Gasteiger partial charge in [0.15, 0.2) is 0 Å². The molecule has 3 aliphatic carbocycles. The Hall–Kier alpha value is -3.43. The van der Waals surface area contributed by atoms with E-state index >= 15 is 0 Å². The van der Waals surface area contributed by atoms with Gasteiger partial charge in [-0.15, -0.1) is 0 Å². The van der Waals surface area contributed by atoms with Crippen LogP contribution >= 0.6 is 0 Å². The summed E-state index contributed by atoms with van der Waals surface area (Å²) < 4.78 is 94.0. The fourth-order valence-corrected chi connectivity index (χ4v) is 8.32. The molecule has 55 heavy (non-hydrogen) atoms. The second-order valence-corrected chi connectivity index (χ2v) is 17.9. The second-order valence-electron chi connectivity index (χ2n) is 13.7. The lowest BCUT2D eigenvalue weighted by Gasteiger charge is -2.18. The lowest BCUT2D eigenvalue weighted by Crippen LogP contribution is -2.16. The Balaban J connectivity index is 0.000000280. The third-order valence-corrected chi connectivity index (χ3v) is 11.5. The molecule has 13 heteroatoms. The molecule has 0 bridgehead atoms. The molecule has 1 atom stereocenters. The fraction of sp³-hybridized carbons (Fsp3) is 0.429. The minimum absolute atomic E-state index is 0. The molecule has 3 aromatic rings. The second kappa shape index (κ2) is 22.3. The highest BCUT2D eigenvalue weighted by Gasteiger charge is 2.17. The van der Waals surface area contributed by atoms with Crippen LogP contribution in [0.3, 0.4) is 0 Å². The van der Waals surface area contributed by atoms with E-state index in [9.17, 15) is 25.3 Å². The maximum Gasteiger partial charge on any atom is 0.397 e. The number of aryl methyl sites for hydroxylation is 3. The Kier molecular flexibility index (Phi) is 19.4. The molecular weight excluding hydrogens is 761 g/mol. The first-order chi connectivity index (χ1) is 25.0.